The molecule has 3 aliphatic rings. The van der Waals surface area contributed by atoms with Crippen molar-refractivity contribution in [2.24, 2.45) is 0 Å². The molecule has 3 aliphatic heterocycles. The second-order valence-electron chi connectivity index (χ2n) is 11.0. The Morgan fingerprint density at radius 3 is 2.75 bits per heavy atom. The number of pyridine rings is 1. The lowest BCUT2D eigenvalue weighted by Crippen LogP contribution is -2.51. The van der Waals surface area contributed by atoms with Crippen LogP contribution in [0.2, 0.25) is 5.02 Å². The van der Waals surface area contributed by atoms with Crippen LogP contribution in [0.25, 0.3) is 10.8 Å². The van der Waals surface area contributed by atoms with Gasteiger partial charge in [0, 0.05) is 54.9 Å². The molecule has 2 aromatic carbocycles. The summed E-state index contributed by atoms with van der Waals surface area (Å²) in [5.41, 5.74) is 4.59. The molecule has 1 aromatic heterocycles. The van der Waals surface area contributed by atoms with Crippen molar-refractivity contribution < 1.29 is 4.74 Å². The summed E-state index contributed by atoms with van der Waals surface area (Å²) in [5.74, 6) is 0.421. The fraction of sp³-hybridized carbons (Fsp3) is 0.452. The van der Waals surface area contributed by atoms with Gasteiger partial charge in [0.25, 0.3) is 0 Å². The van der Waals surface area contributed by atoms with E-state index in [1.54, 1.807) is 0 Å². The normalized spacial score (nSPS) is 21.2. The van der Waals surface area contributed by atoms with Crippen LogP contribution in [0.3, 0.4) is 0 Å². The maximum absolute atomic E-state index is 10.4. The van der Waals surface area contributed by atoms with Crippen molar-refractivity contribution in [3.63, 3.8) is 0 Å². The number of likely N-dealkylation sites (tertiary alicyclic amines) is 1. The average Bonchev–Trinajstić information content (AvgIpc) is 3.39. The SMILES string of the molecule is CN1CCC[C@H]1COc1nc2c(c(N3CCN[C@@H](CC#N)C3)c1C#N)CCN(c1cccc3cccc(Cl)c13)C2. The number of nitriles is 2. The monoisotopic (exact) mass is 555 g/mol. The van der Waals surface area contributed by atoms with Crippen molar-refractivity contribution in [1.29, 1.82) is 10.5 Å². The molecule has 206 valence electrons. The molecule has 0 spiro atoms. The summed E-state index contributed by atoms with van der Waals surface area (Å²) in [6.07, 6.45) is 3.42. The number of hydrogen-bond acceptors (Lipinski definition) is 8. The van der Waals surface area contributed by atoms with E-state index in [1.165, 1.54) is 0 Å². The van der Waals surface area contributed by atoms with Crippen molar-refractivity contribution in [3.8, 4) is 18.0 Å². The number of halogens is 1. The Bertz CT molecular complexity index is 1490. The lowest BCUT2D eigenvalue weighted by Gasteiger charge is -2.39. The first-order valence-corrected chi connectivity index (χ1v) is 14.5. The molecule has 3 aromatic rings. The van der Waals surface area contributed by atoms with Crippen LogP contribution in [-0.4, -0.2) is 68.3 Å². The van der Waals surface area contributed by atoms with E-state index >= 15 is 0 Å². The molecule has 0 unspecified atom stereocenters. The van der Waals surface area contributed by atoms with E-state index in [9.17, 15) is 10.5 Å². The van der Waals surface area contributed by atoms with Crippen molar-refractivity contribution in [2.75, 3.05) is 56.2 Å². The first kappa shape index (κ1) is 26.7. The molecule has 8 nitrogen and oxygen atoms in total. The molecule has 2 fully saturated rings. The quantitative estimate of drug-likeness (QED) is 0.476. The lowest BCUT2D eigenvalue weighted by molar-refractivity contribution is 0.192. The minimum Gasteiger partial charge on any atom is -0.475 e. The topological polar surface area (TPSA) is 91.5 Å². The summed E-state index contributed by atoms with van der Waals surface area (Å²) in [6, 6.07) is 17.4. The second kappa shape index (κ2) is 11.5. The Balaban J connectivity index is 1.40. The van der Waals surface area contributed by atoms with Gasteiger partial charge >= 0.3 is 0 Å². The zero-order chi connectivity index (χ0) is 27.6. The van der Waals surface area contributed by atoms with Gasteiger partial charge in [-0.1, -0.05) is 35.9 Å². The summed E-state index contributed by atoms with van der Waals surface area (Å²) in [5, 5.41) is 26.1. The third kappa shape index (κ3) is 5.04. The van der Waals surface area contributed by atoms with E-state index in [1.807, 2.05) is 12.1 Å². The predicted octanol–water partition coefficient (Wildman–Crippen LogP) is 4.49. The number of nitrogens with one attached hydrogen (secondary N) is 1. The number of hydrogen-bond donors (Lipinski definition) is 1. The van der Waals surface area contributed by atoms with Gasteiger partial charge in [0.2, 0.25) is 5.88 Å². The zero-order valence-corrected chi connectivity index (χ0v) is 23.6. The lowest BCUT2D eigenvalue weighted by atomic mass is 9.96. The Kier molecular flexibility index (Phi) is 7.67. The molecular weight excluding hydrogens is 522 g/mol. The molecule has 4 heterocycles. The molecule has 0 amide bonds. The van der Waals surface area contributed by atoms with E-state index in [0.29, 0.717) is 43.6 Å². The number of nitrogens with zero attached hydrogens (tertiary/aromatic N) is 6. The van der Waals surface area contributed by atoms with Gasteiger partial charge < -0.3 is 24.8 Å². The Morgan fingerprint density at radius 2 is 1.98 bits per heavy atom. The summed E-state index contributed by atoms with van der Waals surface area (Å²) in [7, 11) is 2.13. The molecule has 6 rings (SSSR count). The number of piperazine rings is 1. The minimum absolute atomic E-state index is 0.0588. The van der Waals surface area contributed by atoms with Gasteiger partial charge in [-0.3, -0.25) is 0 Å². The van der Waals surface area contributed by atoms with Crippen LogP contribution in [0.1, 0.15) is 36.1 Å². The number of benzene rings is 2. The Labute approximate surface area is 240 Å². The van der Waals surface area contributed by atoms with Crippen molar-refractivity contribution in [1.82, 2.24) is 15.2 Å². The van der Waals surface area contributed by atoms with Crippen LogP contribution in [0.4, 0.5) is 11.4 Å². The summed E-state index contributed by atoms with van der Waals surface area (Å²) < 4.78 is 6.38. The maximum Gasteiger partial charge on any atom is 0.234 e. The zero-order valence-electron chi connectivity index (χ0n) is 22.9. The van der Waals surface area contributed by atoms with Crippen molar-refractivity contribution >= 4 is 33.7 Å². The van der Waals surface area contributed by atoms with E-state index in [4.69, 9.17) is 21.3 Å². The molecule has 0 saturated carbocycles. The summed E-state index contributed by atoms with van der Waals surface area (Å²) >= 11 is 6.69. The minimum atomic E-state index is 0.0588. The summed E-state index contributed by atoms with van der Waals surface area (Å²) in [4.78, 5) is 12.0. The number of rotatable bonds is 6. The van der Waals surface area contributed by atoms with Crippen LogP contribution >= 0.6 is 11.6 Å². The first-order valence-electron chi connectivity index (χ1n) is 14.1. The molecule has 2 saturated heterocycles. The highest BCUT2D eigenvalue weighted by Crippen LogP contribution is 2.40. The van der Waals surface area contributed by atoms with Gasteiger partial charge in [0.1, 0.15) is 18.2 Å². The van der Waals surface area contributed by atoms with Gasteiger partial charge in [-0.25, -0.2) is 4.98 Å². The Hall–Kier alpha value is -3.56. The molecule has 40 heavy (non-hydrogen) atoms. The van der Waals surface area contributed by atoms with Crippen LogP contribution in [0.5, 0.6) is 5.88 Å². The van der Waals surface area contributed by atoms with Crippen LogP contribution in [-0.2, 0) is 13.0 Å². The fourth-order valence-electron chi connectivity index (χ4n) is 6.47. The van der Waals surface area contributed by atoms with Crippen LogP contribution in [0.15, 0.2) is 36.4 Å². The molecule has 0 radical (unpaired) electrons. The van der Waals surface area contributed by atoms with Crippen LogP contribution < -0.4 is 19.9 Å². The molecule has 2 atom stereocenters. The van der Waals surface area contributed by atoms with Crippen molar-refractivity contribution in [3.05, 3.63) is 58.2 Å². The highest BCUT2D eigenvalue weighted by Gasteiger charge is 2.32. The second-order valence-corrected chi connectivity index (χ2v) is 11.4. The van der Waals surface area contributed by atoms with Gasteiger partial charge in [-0.15, -0.1) is 0 Å². The fourth-order valence-corrected chi connectivity index (χ4v) is 6.75. The standard InChI is InChI=1S/C31H34ClN7O/c1-37-14-4-7-23(37)20-40-31-25(17-34)30(39-16-13-35-22(18-39)10-12-33)24-11-15-38(19-27(24)36-31)28-9-3-6-21-5-2-8-26(32)29(21)28/h2-3,5-6,8-9,22-23,35H,4,7,10-11,13-16,18-20H2,1H3/t22-,23-/m0/s1. The van der Waals surface area contributed by atoms with Gasteiger partial charge in [-0.05, 0) is 50.4 Å². The van der Waals surface area contributed by atoms with Gasteiger partial charge in [0.05, 0.1) is 35.4 Å². The maximum atomic E-state index is 10.4. The highest BCUT2D eigenvalue weighted by atomic mass is 35.5. The number of anilines is 2. The third-order valence-corrected chi connectivity index (χ3v) is 8.89. The van der Waals surface area contributed by atoms with E-state index < -0.39 is 0 Å². The van der Waals surface area contributed by atoms with E-state index in [-0.39, 0.29) is 6.04 Å². The van der Waals surface area contributed by atoms with E-state index in [2.05, 4.69) is 63.5 Å². The number of fused-ring (bicyclic) bond motifs is 2. The van der Waals surface area contributed by atoms with Crippen molar-refractivity contribution in [2.45, 2.75) is 44.3 Å². The first-order chi connectivity index (χ1) is 19.6. The molecule has 0 bridgehead atoms. The molecule has 0 aliphatic carbocycles. The largest absolute Gasteiger partial charge is 0.475 e. The van der Waals surface area contributed by atoms with Crippen LogP contribution in [0, 0.1) is 22.7 Å². The molecule has 1 N–H and O–H groups in total. The smallest absolute Gasteiger partial charge is 0.234 e. The highest BCUT2D eigenvalue weighted by molar-refractivity contribution is 6.36. The number of likely N-dealkylation sites (N-methyl/N-ethyl adjacent to an activating group) is 1. The molecular formula is C31H34ClN7O. The predicted molar refractivity (Wildman–Crippen MR) is 158 cm³/mol. The van der Waals surface area contributed by atoms with E-state index in [0.717, 1.165) is 83.9 Å². The number of aromatic nitrogens is 1. The number of ether oxygens (including phenoxy) is 1. The third-order valence-electron chi connectivity index (χ3n) is 8.57. The molecule has 9 heteroatoms. The summed E-state index contributed by atoms with van der Waals surface area (Å²) in [6.45, 7) is 5.16. The van der Waals surface area contributed by atoms with Gasteiger partial charge in [0.15, 0.2) is 0 Å². The van der Waals surface area contributed by atoms with Gasteiger partial charge in [-0.2, -0.15) is 10.5 Å². The Morgan fingerprint density at radius 1 is 1.12 bits per heavy atom. The average molecular weight is 556 g/mol.